The lowest BCUT2D eigenvalue weighted by Crippen LogP contribution is -2.11. The molecule has 0 unspecified atom stereocenters. The number of hydrogen-bond donors (Lipinski definition) is 1. The van der Waals surface area contributed by atoms with Gasteiger partial charge in [0.15, 0.2) is 0 Å². The van der Waals surface area contributed by atoms with Crippen LogP contribution in [0, 0.1) is 0 Å². The molecule has 1 aromatic rings. The van der Waals surface area contributed by atoms with Crippen molar-refractivity contribution in [1.29, 1.82) is 0 Å². The van der Waals surface area contributed by atoms with E-state index in [1.165, 1.54) is 18.3 Å². The van der Waals surface area contributed by atoms with Crippen LogP contribution in [0.2, 0.25) is 0 Å². The molecule has 76 valence electrons. The molecule has 0 aliphatic carbocycles. The Balaban J connectivity index is 2.56. The number of carbonyl (C=O) groups excluding carboxylic acids is 1. The van der Waals surface area contributed by atoms with Crippen molar-refractivity contribution in [3.05, 3.63) is 34.2 Å². The number of aromatic amines is 1. The molecular weight excluding hydrogens is 182 g/mol. The second kappa shape index (κ2) is 5.21. The summed E-state index contributed by atoms with van der Waals surface area (Å²) in [6.45, 7) is 2.42. The van der Waals surface area contributed by atoms with Crippen LogP contribution in [-0.2, 0) is 4.74 Å². The smallest absolute Gasteiger partial charge is 0.338 e. The summed E-state index contributed by atoms with van der Waals surface area (Å²) >= 11 is 0. The molecule has 0 atom stereocenters. The third kappa shape index (κ3) is 3.05. The van der Waals surface area contributed by atoms with E-state index in [-0.39, 0.29) is 5.56 Å². The first kappa shape index (κ1) is 10.5. The Kier molecular flexibility index (Phi) is 3.91. The highest BCUT2D eigenvalue weighted by atomic mass is 16.5. The number of rotatable bonds is 4. The minimum Gasteiger partial charge on any atom is -0.462 e. The highest BCUT2D eigenvalue weighted by Gasteiger charge is 2.06. The Bertz CT molecular complexity index is 356. The molecule has 0 saturated carbocycles. The molecule has 0 bridgehead atoms. The second-order valence-electron chi connectivity index (χ2n) is 2.93. The van der Waals surface area contributed by atoms with Crippen LogP contribution in [0.15, 0.2) is 23.1 Å². The molecule has 1 rings (SSSR count). The summed E-state index contributed by atoms with van der Waals surface area (Å²) in [5.74, 6) is -0.440. The first-order chi connectivity index (χ1) is 6.74. The lowest BCUT2D eigenvalue weighted by molar-refractivity contribution is 0.0499. The molecule has 0 radical (unpaired) electrons. The van der Waals surface area contributed by atoms with Gasteiger partial charge in [-0.05, 0) is 12.5 Å². The van der Waals surface area contributed by atoms with Crippen LogP contribution in [0.4, 0.5) is 0 Å². The summed E-state index contributed by atoms with van der Waals surface area (Å²) in [5, 5.41) is 0. The molecule has 0 spiro atoms. The predicted octanol–water partition coefficient (Wildman–Crippen LogP) is 1.33. The summed E-state index contributed by atoms with van der Waals surface area (Å²) in [4.78, 5) is 24.6. The summed E-state index contributed by atoms with van der Waals surface area (Å²) in [5.41, 5.74) is -0.000190. The molecule has 1 aromatic heterocycles. The number of carbonyl (C=O) groups is 1. The van der Waals surface area contributed by atoms with Gasteiger partial charge in [0.2, 0.25) is 5.56 Å². The number of esters is 1. The Hall–Kier alpha value is -1.58. The molecule has 0 amide bonds. The van der Waals surface area contributed by atoms with Crippen molar-refractivity contribution in [2.75, 3.05) is 6.61 Å². The largest absolute Gasteiger partial charge is 0.462 e. The zero-order chi connectivity index (χ0) is 10.4. The zero-order valence-electron chi connectivity index (χ0n) is 8.08. The summed E-state index contributed by atoms with van der Waals surface area (Å²) in [6, 6.07) is 2.75. The fourth-order valence-corrected chi connectivity index (χ4v) is 0.964. The lowest BCUT2D eigenvalue weighted by Gasteiger charge is -2.02. The molecule has 0 fully saturated rings. The maximum absolute atomic E-state index is 11.3. The zero-order valence-corrected chi connectivity index (χ0v) is 8.08. The van der Waals surface area contributed by atoms with Crippen molar-refractivity contribution >= 4 is 5.97 Å². The molecule has 4 heteroatoms. The Morgan fingerprint density at radius 3 is 3.00 bits per heavy atom. The van der Waals surface area contributed by atoms with E-state index in [1.807, 2.05) is 6.92 Å². The SMILES string of the molecule is CCCCOC(=O)c1cc[nH]c(=O)c1. The summed E-state index contributed by atoms with van der Waals surface area (Å²) in [6.07, 6.45) is 3.25. The second-order valence-corrected chi connectivity index (χ2v) is 2.93. The van der Waals surface area contributed by atoms with Gasteiger partial charge in [-0.2, -0.15) is 0 Å². The fraction of sp³-hybridized carbons (Fsp3) is 0.400. The maximum atomic E-state index is 11.3. The van der Waals surface area contributed by atoms with Crippen LogP contribution in [0.5, 0.6) is 0 Å². The maximum Gasteiger partial charge on any atom is 0.338 e. The molecule has 4 nitrogen and oxygen atoms in total. The molecular formula is C10H13NO3. The molecule has 0 saturated heterocycles. The van der Waals surface area contributed by atoms with E-state index in [0.717, 1.165) is 12.8 Å². The van der Waals surface area contributed by atoms with Crippen LogP contribution in [0.3, 0.4) is 0 Å². The van der Waals surface area contributed by atoms with E-state index in [9.17, 15) is 9.59 Å². The van der Waals surface area contributed by atoms with Crippen LogP contribution in [0.1, 0.15) is 30.1 Å². The van der Waals surface area contributed by atoms with E-state index >= 15 is 0 Å². The van der Waals surface area contributed by atoms with E-state index in [0.29, 0.717) is 12.2 Å². The van der Waals surface area contributed by atoms with E-state index < -0.39 is 5.97 Å². The molecule has 14 heavy (non-hydrogen) atoms. The Labute approximate surface area is 81.9 Å². The lowest BCUT2D eigenvalue weighted by atomic mass is 10.3. The third-order valence-electron chi connectivity index (χ3n) is 1.74. The van der Waals surface area contributed by atoms with Gasteiger partial charge >= 0.3 is 5.97 Å². The minimum atomic E-state index is -0.440. The number of aromatic nitrogens is 1. The van der Waals surface area contributed by atoms with Gasteiger partial charge in [0, 0.05) is 12.3 Å². The highest BCUT2D eigenvalue weighted by Crippen LogP contribution is 1.98. The van der Waals surface area contributed by atoms with Gasteiger partial charge in [0.05, 0.1) is 12.2 Å². The number of ether oxygens (including phenoxy) is 1. The quantitative estimate of drug-likeness (QED) is 0.582. The summed E-state index contributed by atoms with van der Waals surface area (Å²) in [7, 11) is 0. The van der Waals surface area contributed by atoms with Gasteiger partial charge in [0.25, 0.3) is 0 Å². The molecule has 1 N–H and O–H groups in total. The number of nitrogens with one attached hydrogen (secondary N) is 1. The minimum absolute atomic E-state index is 0.296. The van der Waals surface area contributed by atoms with E-state index in [4.69, 9.17) is 4.74 Å². The van der Waals surface area contributed by atoms with Crippen LogP contribution < -0.4 is 5.56 Å². The third-order valence-corrected chi connectivity index (χ3v) is 1.74. The number of pyridine rings is 1. The van der Waals surface area contributed by atoms with Gasteiger partial charge in [-0.3, -0.25) is 4.79 Å². The predicted molar refractivity (Wildman–Crippen MR) is 52.3 cm³/mol. The number of H-pyrrole nitrogens is 1. The number of unbranched alkanes of at least 4 members (excludes halogenated alkanes) is 1. The van der Waals surface area contributed by atoms with Gasteiger partial charge in [0.1, 0.15) is 0 Å². The Morgan fingerprint density at radius 1 is 1.57 bits per heavy atom. The van der Waals surface area contributed by atoms with Gasteiger partial charge in [-0.1, -0.05) is 13.3 Å². The van der Waals surface area contributed by atoms with Crippen molar-refractivity contribution < 1.29 is 9.53 Å². The first-order valence-electron chi connectivity index (χ1n) is 4.60. The number of hydrogen-bond acceptors (Lipinski definition) is 3. The molecule has 1 heterocycles. The fourth-order valence-electron chi connectivity index (χ4n) is 0.964. The van der Waals surface area contributed by atoms with Crippen molar-refractivity contribution in [2.45, 2.75) is 19.8 Å². The topological polar surface area (TPSA) is 59.2 Å². The summed E-state index contributed by atoms with van der Waals surface area (Å²) < 4.78 is 4.93. The normalized spacial score (nSPS) is 9.79. The van der Waals surface area contributed by atoms with Crippen molar-refractivity contribution in [2.24, 2.45) is 0 Å². The standard InChI is InChI=1S/C10H13NO3/c1-2-3-6-14-10(13)8-4-5-11-9(12)7-8/h4-5,7H,2-3,6H2,1H3,(H,11,12). The van der Waals surface area contributed by atoms with Crippen LogP contribution in [0.25, 0.3) is 0 Å². The molecule has 0 aromatic carbocycles. The van der Waals surface area contributed by atoms with E-state index in [1.54, 1.807) is 0 Å². The molecule has 0 aliphatic heterocycles. The monoisotopic (exact) mass is 195 g/mol. The first-order valence-corrected chi connectivity index (χ1v) is 4.60. The van der Waals surface area contributed by atoms with Gasteiger partial charge < -0.3 is 9.72 Å². The molecule has 0 aliphatic rings. The van der Waals surface area contributed by atoms with Gasteiger partial charge in [-0.25, -0.2) is 4.79 Å². The average Bonchev–Trinajstić information content (AvgIpc) is 2.18. The highest BCUT2D eigenvalue weighted by molar-refractivity contribution is 5.89. The van der Waals surface area contributed by atoms with Gasteiger partial charge in [-0.15, -0.1) is 0 Å². The van der Waals surface area contributed by atoms with Crippen molar-refractivity contribution in [3.63, 3.8) is 0 Å². The van der Waals surface area contributed by atoms with Crippen molar-refractivity contribution in [1.82, 2.24) is 4.98 Å². The van der Waals surface area contributed by atoms with E-state index in [2.05, 4.69) is 4.98 Å². The van der Waals surface area contributed by atoms with Crippen molar-refractivity contribution in [3.8, 4) is 0 Å². The van der Waals surface area contributed by atoms with Crippen LogP contribution in [-0.4, -0.2) is 17.6 Å². The Morgan fingerprint density at radius 2 is 2.36 bits per heavy atom. The van der Waals surface area contributed by atoms with Crippen LogP contribution >= 0.6 is 0 Å². The average molecular weight is 195 g/mol.